The van der Waals surface area contributed by atoms with Crippen LogP contribution in [0.2, 0.25) is 0 Å². The van der Waals surface area contributed by atoms with Crippen LogP contribution in [-0.2, 0) is 13.1 Å². The molecule has 0 saturated heterocycles. The van der Waals surface area contributed by atoms with Gasteiger partial charge in [0.1, 0.15) is 6.26 Å². The molecule has 0 spiro atoms. The van der Waals surface area contributed by atoms with Gasteiger partial charge in [-0.05, 0) is 31.5 Å². The summed E-state index contributed by atoms with van der Waals surface area (Å²) in [7, 11) is 0. The summed E-state index contributed by atoms with van der Waals surface area (Å²) in [6.45, 7) is 5.45. The molecule has 0 radical (unpaired) electrons. The van der Waals surface area contributed by atoms with Crippen molar-refractivity contribution in [3.8, 4) is 11.5 Å². The van der Waals surface area contributed by atoms with Crippen molar-refractivity contribution >= 4 is 11.6 Å². The molecule has 0 aliphatic rings. The summed E-state index contributed by atoms with van der Waals surface area (Å²) >= 11 is 0. The average molecular weight is 393 g/mol. The highest BCUT2D eigenvalue weighted by Crippen LogP contribution is 2.19. The lowest BCUT2D eigenvalue weighted by atomic mass is 10.1. The van der Waals surface area contributed by atoms with E-state index in [-0.39, 0.29) is 5.69 Å². The molecule has 8 nitrogen and oxygen atoms in total. The van der Waals surface area contributed by atoms with Gasteiger partial charge >= 0.3 is 0 Å². The number of hydrogen-bond donors (Lipinski definition) is 2. The normalized spacial score (nSPS) is 11.3. The number of aromatic nitrogens is 1. The number of nitro groups is 1. The molecule has 29 heavy (non-hydrogen) atoms. The molecule has 0 amide bonds. The zero-order valence-electron chi connectivity index (χ0n) is 16.4. The molecule has 150 valence electrons. The van der Waals surface area contributed by atoms with Crippen molar-refractivity contribution in [2.75, 3.05) is 6.54 Å². The fraction of sp³-hybridized carbons (Fsp3) is 0.238. The molecule has 3 aromatic rings. The summed E-state index contributed by atoms with van der Waals surface area (Å²) in [6, 6.07) is 14.4. The lowest BCUT2D eigenvalue weighted by Gasteiger charge is -2.10. The van der Waals surface area contributed by atoms with E-state index in [1.54, 1.807) is 12.3 Å². The average Bonchev–Trinajstić information content (AvgIpc) is 3.20. The van der Waals surface area contributed by atoms with Crippen LogP contribution in [-0.4, -0.2) is 22.4 Å². The van der Waals surface area contributed by atoms with Gasteiger partial charge in [0, 0.05) is 24.2 Å². The van der Waals surface area contributed by atoms with Gasteiger partial charge in [0.2, 0.25) is 5.89 Å². The Morgan fingerprint density at radius 2 is 2.00 bits per heavy atom. The van der Waals surface area contributed by atoms with Gasteiger partial charge < -0.3 is 15.1 Å². The molecule has 0 atom stereocenters. The summed E-state index contributed by atoms with van der Waals surface area (Å²) in [5, 5.41) is 17.3. The van der Waals surface area contributed by atoms with Crippen molar-refractivity contribution < 1.29 is 9.34 Å². The molecule has 8 heteroatoms. The molecule has 0 aliphatic heterocycles. The number of nitrogens with one attached hydrogen (secondary N) is 2. The highest BCUT2D eigenvalue weighted by molar-refractivity contribution is 5.79. The summed E-state index contributed by atoms with van der Waals surface area (Å²) in [5.41, 5.74) is 3.67. The Balaban J connectivity index is 1.63. The molecule has 1 heterocycles. The van der Waals surface area contributed by atoms with E-state index < -0.39 is 4.92 Å². The van der Waals surface area contributed by atoms with Gasteiger partial charge in [-0.2, -0.15) is 0 Å². The van der Waals surface area contributed by atoms with E-state index >= 15 is 0 Å². The standard InChI is InChI=1S/C21H23N5O3/c1-3-22-21(23-12-16-5-4-6-19(11-16)26(27)28)24-13-18-14-29-20(25-18)17-9-7-15(2)8-10-17/h4-11,14H,3,12-13H2,1-2H3,(H2,22,23,24). The summed E-state index contributed by atoms with van der Waals surface area (Å²) in [4.78, 5) is 19.5. The first-order chi connectivity index (χ1) is 14.0. The number of nitro benzene ring substituents is 1. The Labute approximate surface area is 168 Å². The number of rotatable bonds is 7. The lowest BCUT2D eigenvalue weighted by Crippen LogP contribution is -2.36. The van der Waals surface area contributed by atoms with Crippen LogP contribution in [0.4, 0.5) is 5.69 Å². The van der Waals surface area contributed by atoms with Crippen molar-refractivity contribution in [3.05, 3.63) is 81.7 Å². The smallest absolute Gasteiger partial charge is 0.269 e. The van der Waals surface area contributed by atoms with Crippen LogP contribution in [0, 0.1) is 17.0 Å². The maximum absolute atomic E-state index is 10.9. The molecule has 0 aliphatic carbocycles. The highest BCUT2D eigenvalue weighted by Gasteiger charge is 2.08. The molecular weight excluding hydrogens is 370 g/mol. The topological polar surface area (TPSA) is 106 Å². The zero-order valence-corrected chi connectivity index (χ0v) is 16.4. The van der Waals surface area contributed by atoms with Crippen LogP contribution in [0.5, 0.6) is 0 Å². The van der Waals surface area contributed by atoms with E-state index in [4.69, 9.17) is 4.42 Å². The second kappa shape index (κ2) is 9.50. The van der Waals surface area contributed by atoms with E-state index in [1.807, 2.05) is 44.2 Å². The molecule has 0 bridgehead atoms. The minimum atomic E-state index is -0.410. The van der Waals surface area contributed by atoms with Gasteiger partial charge in [0.05, 0.1) is 23.7 Å². The number of aliphatic imine (C=N–C) groups is 1. The predicted octanol–water partition coefficient (Wildman–Crippen LogP) is 3.81. The second-order valence-corrected chi connectivity index (χ2v) is 6.49. The number of non-ortho nitro benzene ring substituents is 1. The molecule has 3 rings (SSSR count). The van der Waals surface area contributed by atoms with Crippen LogP contribution >= 0.6 is 0 Å². The molecular formula is C21H23N5O3. The number of nitrogens with zero attached hydrogens (tertiary/aromatic N) is 3. The predicted molar refractivity (Wildman–Crippen MR) is 111 cm³/mol. The van der Waals surface area contributed by atoms with Gasteiger partial charge in [-0.25, -0.2) is 9.98 Å². The van der Waals surface area contributed by atoms with Gasteiger partial charge in [-0.1, -0.05) is 29.8 Å². The summed E-state index contributed by atoms with van der Waals surface area (Å²) < 4.78 is 5.57. The minimum Gasteiger partial charge on any atom is -0.444 e. The SMILES string of the molecule is CCNC(=NCc1cccc([N+](=O)[O-])c1)NCc1coc(-c2ccc(C)cc2)n1. The Hall–Kier alpha value is -3.68. The maximum Gasteiger partial charge on any atom is 0.269 e. The quantitative estimate of drug-likeness (QED) is 0.274. The third-order valence-electron chi connectivity index (χ3n) is 4.17. The van der Waals surface area contributed by atoms with E-state index in [1.165, 1.54) is 17.7 Å². The Kier molecular flexibility index (Phi) is 6.57. The third kappa shape index (κ3) is 5.65. The number of aryl methyl sites for hydroxylation is 1. The van der Waals surface area contributed by atoms with Crippen LogP contribution in [0.3, 0.4) is 0 Å². The Morgan fingerprint density at radius 1 is 1.21 bits per heavy atom. The van der Waals surface area contributed by atoms with Crippen molar-refractivity contribution in [2.45, 2.75) is 26.9 Å². The van der Waals surface area contributed by atoms with Gasteiger partial charge in [0.15, 0.2) is 5.96 Å². The van der Waals surface area contributed by atoms with E-state index in [0.29, 0.717) is 31.5 Å². The van der Waals surface area contributed by atoms with E-state index in [9.17, 15) is 10.1 Å². The maximum atomic E-state index is 10.9. The van der Waals surface area contributed by atoms with Crippen molar-refractivity contribution in [1.82, 2.24) is 15.6 Å². The van der Waals surface area contributed by atoms with Gasteiger partial charge in [-0.15, -0.1) is 0 Å². The van der Waals surface area contributed by atoms with Crippen molar-refractivity contribution in [3.63, 3.8) is 0 Å². The fourth-order valence-electron chi connectivity index (χ4n) is 2.67. The Morgan fingerprint density at radius 3 is 2.72 bits per heavy atom. The van der Waals surface area contributed by atoms with Crippen LogP contribution < -0.4 is 10.6 Å². The van der Waals surface area contributed by atoms with Crippen molar-refractivity contribution in [1.29, 1.82) is 0 Å². The molecule has 0 fully saturated rings. The first-order valence-electron chi connectivity index (χ1n) is 9.32. The highest BCUT2D eigenvalue weighted by atomic mass is 16.6. The number of benzene rings is 2. The van der Waals surface area contributed by atoms with Gasteiger partial charge in [0.25, 0.3) is 5.69 Å². The number of guanidine groups is 1. The largest absolute Gasteiger partial charge is 0.444 e. The molecule has 1 aromatic heterocycles. The monoisotopic (exact) mass is 393 g/mol. The Bertz CT molecular complexity index is 996. The lowest BCUT2D eigenvalue weighted by molar-refractivity contribution is -0.384. The third-order valence-corrected chi connectivity index (χ3v) is 4.17. The van der Waals surface area contributed by atoms with E-state index in [0.717, 1.165) is 16.8 Å². The number of oxazole rings is 1. The van der Waals surface area contributed by atoms with Crippen LogP contribution in [0.15, 0.2) is 64.2 Å². The number of hydrogen-bond acceptors (Lipinski definition) is 5. The first kappa shape index (κ1) is 20.1. The molecule has 0 unspecified atom stereocenters. The minimum absolute atomic E-state index is 0.0573. The van der Waals surface area contributed by atoms with Crippen LogP contribution in [0.1, 0.15) is 23.7 Å². The van der Waals surface area contributed by atoms with Crippen LogP contribution in [0.25, 0.3) is 11.5 Å². The first-order valence-corrected chi connectivity index (χ1v) is 9.32. The van der Waals surface area contributed by atoms with E-state index in [2.05, 4.69) is 20.6 Å². The second-order valence-electron chi connectivity index (χ2n) is 6.49. The summed E-state index contributed by atoms with van der Waals surface area (Å²) in [6.07, 6.45) is 1.62. The molecule has 0 saturated carbocycles. The molecule has 2 N–H and O–H groups in total. The van der Waals surface area contributed by atoms with Gasteiger partial charge in [-0.3, -0.25) is 10.1 Å². The summed E-state index contributed by atoms with van der Waals surface area (Å²) in [5.74, 6) is 1.17. The molecule has 2 aromatic carbocycles. The fourth-order valence-corrected chi connectivity index (χ4v) is 2.67. The zero-order chi connectivity index (χ0) is 20.6. The van der Waals surface area contributed by atoms with Crippen molar-refractivity contribution in [2.24, 2.45) is 4.99 Å².